The normalized spacial score (nSPS) is 15.2. The predicted octanol–water partition coefficient (Wildman–Crippen LogP) is 14.7. The lowest BCUT2D eigenvalue weighted by molar-refractivity contribution is 0.795. The van der Waals surface area contributed by atoms with E-state index in [4.69, 9.17) is 0 Å². The number of fused-ring (bicyclic) bond motifs is 16. The molecule has 2 heterocycles. The summed E-state index contributed by atoms with van der Waals surface area (Å²) < 4.78 is 5.58. The first kappa shape index (κ1) is 29.1. The van der Waals surface area contributed by atoms with Crippen LogP contribution in [-0.4, -0.2) is 0 Å². The molecule has 2 aliphatic carbocycles. The van der Waals surface area contributed by atoms with Crippen LogP contribution in [0.15, 0.2) is 146 Å². The van der Waals surface area contributed by atoms with Gasteiger partial charge in [-0.05, 0) is 109 Å². The highest BCUT2D eigenvalue weighted by atomic mass is 32.1. The molecule has 0 nitrogen and oxygen atoms in total. The molecular weight excluding hydrogens is 665 g/mol. The standard InChI is InChI=1S/C50H32S2/c1-3-13-33-29(11-1)25-43(37-17-7-5-15-35(33)37)31-21-23-41-45(27-31)51-49-47(41)39-19-9-10-20-40(39)48-42-24-22-32(28-46(42)52-50(48)49)44-26-30-12-2-4-14-34(30)36-16-6-8-18-38(36)44/h1-5,7-15,17-24,26-28,43H,6,16,25H2. The van der Waals surface area contributed by atoms with Gasteiger partial charge in [0.25, 0.3) is 0 Å². The summed E-state index contributed by atoms with van der Waals surface area (Å²) in [5.74, 6) is 0.343. The molecule has 0 saturated heterocycles. The molecule has 52 heavy (non-hydrogen) atoms. The Kier molecular flexibility index (Phi) is 6.14. The van der Waals surface area contributed by atoms with Gasteiger partial charge in [0.05, 0.1) is 9.40 Å². The summed E-state index contributed by atoms with van der Waals surface area (Å²) >= 11 is 3.97. The first-order valence-corrected chi connectivity index (χ1v) is 20.0. The largest absolute Gasteiger partial charge is 0.134 e. The Bertz CT molecular complexity index is 3170. The van der Waals surface area contributed by atoms with Gasteiger partial charge in [0, 0.05) is 36.9 Å². The van der Waals surface area contributed by atoms with Crippen molar-refractivity contribution in [1.82, 2.24) is 0 Å². The van der Waals surface area contributed by atoms with Crippen LogP contribution in [0.25, 0.3) is 90.2 Å². The van der Waals surface area contributed by atoms with E-state index >= 15 is 0 Å². The van der Waals surface area contributed by atoms with Crippen molar-refractivity contribution < 1.29 is 0 Å². The van der Waals surface area contributed by atoms with Gasteiger partial charge in [0.1, 0.15) is 0 Å². The number of allylic oxidation sites excluding steroid dienone is 1. The molecule has 1 atom stereocenters. The van der Waals surface area contributed by atoms with E-state index in [0.29, 0.717) is 5.92 Å². The number of hydrogen-bond acceptors (Lipinski definition) is 2. The monoisotopic (exact) mass is 696 g/mol. The van der Waals surface area contributed by atoms with Gasteiger partial charge < -0.3 is 0 Å². The highest BCUT2D eigenvalue weighted by Crippen LogP contribution is 2.51. The average Bonchev–Trinajstić information content (AvgIpc) is 3.79. The van der Waals surface area contributed by atoms with E-state index in [-0.39, 0.29) is 0 Å². The highest BCUT2D eigenvalue weighted by molar-refractivity contribution is 7.33. The molecule has 0 fully saturated rings. The van der Waals surface area contributed by atoms with Gasteiger partial charge in [-0.2, -0.15) is 0 Å². The van der Waals surface area contributed by atoms with Crippen LogP contribution < -0.4 is 0 Å². The first-order chi connectivity index (χ1) is 25.8. The molecule has 2 heteroatoms. The lowest BCUT2D eigenvalue weighted by atomic mass is 9.76. The van der Waals surface area contributed by atoms with Gasteiger partial charge in [-0.3, -0.25) is 0 Å². The molecule has 12 rings (SSSR count). The fourth-order valence-corrected chi connectivity index (χ4v) is 12.2. The zero-order chi connectivity index (χ0) is 33.9. The predicted molar refractivity (Wildman–Crippen MR) is 227 cm³/mol. The maximum absolute atomic E-state index is 2.51. The summed E-state index contributed by atoms with van der Waals surface area (Å²) in [6, 6.07) is 53.1. The van der Waals surface area contributed by atoms with Crippen molar-refractivity contribution in [2.24, 2.45) is 0 Å². The van der Waals surface area contributed by atoms with E-state index in [0.717, 1.165) is 19.3 Å². The van der Waals surface area contributed by atoms with Gasteiger partial charge in [0.2, 0.25) is 0 Å². The van der Waals surface area contributed by atoms with Crippen LogP contribution in [-0.2, 0) is 12.8 Å². The molecule has 0 saturated carbocycles. The van der Waals surface area contributed by atoms with Crippen molar-refractivity contribution in [1.29, 1.82) is 0 Å². The van der Waals surface area contributed by atoms with Gasteiger partial charge in [-0.15, -0.1) is 22.7 Å². The second-order valence-electron chi connectivity index (χ2n) is 14.6. The van der Waals surface area contributed by atoms with Gasteiger partial charge in [-0.1, -0.05) is 133 Å². The SMILES string of the molecule is C1=Cc2c(-c3ccc4c(c3)sc3c5sc6cc(C7Cc8ccccc8-c8ccccc87)ccc6c5c5ccccc5c43)cc3ccccc3c2CC1. The number of hydrogen-bond donors (Lipinski definition) is 0. The average molecular weight is 697 g/mol. The Morgan fingerprint density at radius 3 is 2.02 bits per heavy atom. The summed E-state index contributed by atoms with van der Waals surface area (Å²) in [5, 5.41) is 11.0. The van der Waals surface area contributed by atoms with E-state index in [1.54, 1.807) is 0 Å². The molecule has 0 spiro atoms. The lowest BCUT2D eigenvalue weighted by Crippen LogP contribution is -2.12. The molecule has 0 aliphatic heterocycles. The molecule has 0 amide bonds. The molecule has 244 valence electrons. The van der Waals surface area contributed by atoms with Crippen molar-refractivity contribution in [3.63, 3.8) is 0 Å². The third-order valence-corrected chi connectivity index (χ3v) is 14.4. The van der Waals surface area contributed by atoms with Crippen LogP contribution >= 0.6 is 22.7 Å². The van der Waals surface area contributed by atoms with Crippen molar-refractivity contribution in [2.75, 3.05) is 0 Å². The molecule has 2 aromatic heterocycles. The van der Waals surface area contributed by atoms with E-state index < -0.39 is 0 Å². The van der Waals surface area contributed by atoms with Crippen LogP contribution in [0.1, 0.15) is 40.2 Å². The molecule has 1 unspecified atom stereocenters. The van der Waals surface area contributed by atoms with Crippen molar-refractivity contribution in [2.45, 2.75) is 25.2 Å². The summed E-state index contributed by atoms with van der Waals surface area (Å²) in [4.78, 5) is 0. The Morgan fingerprint density at radius 1 is 0.519 bits per heavy atom. The topological polar surface area (TPSA) is 0 Å². The highest BCUT2D eigenvalue weighted by Gasteiger charge is 2.27. The van der Waals surface area contributed by atoms with Crippen LogP contribution in [0.2, 0.25) is 0 Å². The summed E-state index contributed by atoms with van der Waals surface area (Å²) in [6.45, 7) is 0. The molecule has 2 aliphatic rings. The minimum Gasteiger partial charge on any atom is -0.134 e. The Labute approximate surface area is 309 Å². The number of aryl methyl sites for hydroxylation is 1. The van der Waals surface area contributed by atoms with Gasteiger partial charge in [-0.25, -0.2) is 0 Å². The third kappa shape index (κ3) is 4.08. The van der Waals surface area contributed by atoms with Crippen LogP contribution in [0.4, 0.5) is 0 Å². The zero-order valence-corrected chi connectivity index (χ0v) is 30.1. The minimum absolute atomic E-state index is 0.343. The van der Waals surface area contributed by atoms with Crippen molar-refractivity contribution in [3.05, 3.63) is 173 Å². The Morgan fingerprint density at radius 2 is 1.19 bits per heavy atom. The minimum atomic E-state index is 0.343. The quantitative estimate of drug-likeness (QED) is 0.169. The molecular formula is C50H32S2. The fraction of sp³-hybridized carbons (Fsp3) is 0.0800. The van der Waals surface area contributed by atoms with Gasteiger partial charge in [0.15, 0.2) is 0 Å². The van der Waals surface area contributed by atoms with Crippen molar-refractivity contribution in [3.8, 4) is 22.3 Å². The zero-order valence-electron chi connectivity index (χ0n) is 28.4. The fourth-order valence-electron chi connectivity index (χ4n) is 9.57. The van der Waals surface area contributed by atoms with E-state index in [2.05, 4.69) is 152 Å². The van der Waals surface area contributed by atoms with E-state index in [9.17, 15) is 0 Å². The first-order valence-electron chi connectivity index (χ1n) is 18.4. The summed E-state index contributed by atoms with van der Waals surface area (Å²) in [5.41, 5.74) is 12.6. The number of thiophene rings is 2. The third-order valence-electron chi connectivity index (χ3n) is 11.9. The van der Waals surface area contributed by atoms with Crippen LogP contribution in [0, 0.1) is 0 Å². The smallest absolute Gasteiger partial charge is 0.0540 e. The maximum Gasteiger partial charge on any atom is 0.0540 e. The molecule has 8 aromatic carbocycles. The summed E-state index contributed by atoms with van der Waals surface area (Å²) in [6.07, 6.45) is 7.95. The molecule has 0 bridgehead atoms. The second kappa shape index (κ2) is 11.0. The van der Waals surface area contributed by atoms with E-state index in [1.165, 1.54) is 112 Å². The van der Waals surface area contributed by atoms with Crippen LogP contribution in [0.3, 0.4) is 0 Å². The van der Waals surface area contributed by atoms with Crippen LogP contribution in [0.5, 0.6) is 0 Å². The molecule has 0 radical (unpaired) electrons. The maximum atomic E-state index is 2.51. The summed E-state index contributed by atoms with van der Waals surface area (Å²) in [7, 11) is 0. The Balaban J connectivity index is 1.07. The van der Waals surface area contributed by atoms with Gasteiger partial charge >= 0.3 is 0 Å². The number of rotatable bonds is 2. The second-order valence-corrected chi connectivity index (χ2v) is 16.7. The lowest BCUT2D eigenvalue weighted by Gasteiger charge is -2.28. The van der Waals surface area contributed by atoms with Crippen molar-refractivity contribution >= 4 is 90.6 Å². The Hall–Kier alpha value is -5.54. The molecule has 10 aromatic rings. The number of benzene rings is 8. The molecule has 0 N–H and O–H groups in total. The van der Waals surface area contributed by atoms with E-state index in [1.807, 2.05) is 22.7 Å².